The van der Waals surface area contributed by atoms with Crippen LogP contribution in [0.3, 0.4) is 0 Å². The van der Waals surface area contributed by atoms with Crippen molar-refractivity contribution in [2.45, 2.75) is 32.2 Å². The first-order valence-corrected chi connectivity index (χ1v) is 10.6. The van der Waals surface area contributed by atoms with Crippen LogP contribution in [0.2, 0.25) is 5.02 Å². The number of anilines is 3. The third kappa shape index (κ3) is 4.34. The van der Waals surface area contributed by atoms with Gasteiger partial charge in [-0.25, -0.2) is 14.4 Å². The summed E-state index contributed by atoms with van der Waals surface area (Å²) in [6, 6.07) is 4.91. The number of hydrogen-bond acceptors (Lipinski definition) is 7. The van der Waals surface area contributed by atoms with Gasteiger partial charge in [0, 0.05) is 24.8 Å². The average Bonchev–Trinajstić information content (AvgIpc) is 3.10. The first-order chi connectivity index (χ1) is 13.6. The van der Waals surface area contributed by atoms with Crippen LogP contribution in [0, 0.1) is 5.82 Å². The van der Waals surface area contributed by atoms with Crippen molar-refractivity contribution in [2.75, 3.05) is 30.3 Å². The Bertz CT molecular complexity index is 957. The number of thiazole rings is 1. The lowest BCUT2D eigenvalue weighted by molar-refractivity contribution is 0.219. The number of halogens is 2. The molecule has 0 atom stereocenters. The highest BCUT2D eigenvalue weighted by atomic mass is 35.5. The van der Waals surface area contributed by atoms with E-state index in [1.165, 1.54) is 42.8 Å². The van der Waals surface area contributed by atoms with Crippen LogP contribution < -0.4 is 10.6 Å². The fraction of sp³-hybridized carbons (Fsp3) is 0.421. The summed E-state index contributed by atoms with van der Waals surface area (Å²) < 4.78 is 14.2. The van der Waals surface area contributed by atoms with E-state index in [9.17, 15) is 4.39 Å². The molecule has 9 heteroatoms. The Labute approximate surface area is 172 Å². The van der Waals surface area contributed by atoms with Gasteiger partial charge in [-0.15, -0.1) is 0 Å². The lowest BCUT2D eigenvalue weighted by Crippen LogP contribution is -2.39. The van der Waals surface area contributed by atoms with Crippen molar-refractivity contribution in [1.29, 1.82) is 0 Å². The predicted molar refractivity (Wildman–Crippen MR) is 113 cm³/mol. The fourth-order valence-corrected chi connectivity index (χ4v) is 4.53. The number of benzene rings is 1. The van der Waals surface area contributed by atoms with E-state index in [4.69, 9.17) is 11.6 Å². The quantitative estimate of drug-likeness (QED) is 0.590. The summed E-state index contributed by atoms with van der Waals surface area (Å²) in [4.78, 5) is 15.7. The maximum Gasteiger partial charge on any atom is 0.185 e. The zero-order chi connectivity index (χ0) is 19.5. The standard InChI is InChI=1S/C19H22ClFN6S/c1-2-7-27-8-5-12(6-9-27)25-19-26-18-16(28-19)17(22-11-23-18)24-13-3-4-15(21)14(20)10-13/h3-4,10-12H,2,5-9H2,1H3,(H2,22,23,24,25,26). The van der Waals surface area contributed by atoms with Gasteiger partial charge in [-0.05, 0) is 44.0 Å². The number of nitrogens with zero attached hydrogens (tertiary/aromatic N) is 4. The van der Waals surface area contributed by atoms with Gasteiger partial charge in [-0.3, -0.25) is 0 Å². The summed E-state index contributed by atoms with van der Waals surface area (Å²) in [7, 11) is 0. The van der Waals surface area contributed by atoms with Gasteiger partial charge >= 0.3 is 0 Å². The number of likely N-dealkylation sites (tertiary alicyclic amines) is 1. The third-order valence-electron chi connectivity index (χ3n) is 4.83. The van der Waals surface area contributed by atoms with Gasteiger partial charge in [-0.2, -0.15) is 4.98 Å². The van der Waals surface area contributed by atoms with E-state index in [0.29, 0.717) is 23.2 Å². The second-order valence-corrected chi connectivity index (χ2v) is 8.31. The second kappa shape index (κ2) is 8.55. The van der Waals surface area contributed by atoms with Crippen LogP contribution in [-0.2, 0) is 0 Å². The Hall–Kier alpha value is -2.03. The Kier molecular flexibility index (Phi) is 5.89. The van der Waals surface area contributed by atoms with Crippen molar-refractivity contribution in [3.63, 3.8) is 0 Å². The minimum atomic E-state index is -0.450. The smallest absolute Gasteiger partial charge is 0.185 e. The van der Waals surface area contributed by atoms with Gasteiger partial charge in [0.15, 0.2) is 16.6 Å². The molecule has 6 nitrogen and oxygen atoms in total. The molecule has 1 aliphatic rings. The number of hydrogen-bond donors (Lipinski definition) is 2. The molecule has 1 aliphatic heterocycles. The predicted octanol–water partition coefficient (Wildman–Crippen LogP) is 4.91. The number of rotatable bonds is 6. The van der Waals surface area contributed by atoms with Crippen LogP contribution in [0.5, 0.6) is 0 Å². The van der Waals surface area contributed by atoms with Crippen LogP contribution in [-0.4, -0.2) is 45.5 Å². The summed E-state index contributed by atoms with van der Waals surface area (Å²) in [5, 5.41) is 7.66. The first-order valence-electron chi connectivity index (χ1n) is 9.45. The van der Waals surface area contributed by atoms with Crippen LogP contribution in [0.15, 0.2) is 24.5 Å². The van der Waals surface area contributed by atoms with Crippen molar-refractivity contribution in [2.24, 2.45) is 0 Å². The molecule has 0 radical (unpaired) electrons. The first kappa shape index (κ1) is 19.3. The third-order valence-corrected chi connectivity index (χ3v) is 6.10. The van der Waals surface area contributed by atoms with Crippen LogP contribution >= 0.6 is 22.9 Å². The number of piperidine rings is 1. The van der Waals surface area contributed by atoms with Crippen molar-refractivity contribution in [3.05, 3.63) is 35.4 Å². The number of aromatic nitrogens is 3. The lowest BCUT2D eigenvalue weighted by Gasteiger charge is -2.31. The van der Waals surface area contributed by atoms with Gasteiger partial charge in [0.2, 0.25) is 0 Å². The van der Waals surface area contributed by atoms with Gasteiger partial charge in [0.05, 0.1) is 5.02 Å². The Balaban J connectivity index is 1.48. The fourth-order valence-electron chi connectivity index (χ4n) is 3.41. The summed E-state index contributed by atoms with van der Waals surface area (Å²) >= 11 is 7.39. The highest BCUT2D eigenvalue weighted by molar-refractivity contribution is 7.22. The topological polar surface area (TPSA) is 66.0 Å². The molecule has 1 fully saturated rings. The van der Waals surface area contributed by atoms with E-state index >= 15 is 0 Å². The van der Waals surface area contributed by atoms with Gasteiger partial charge in [0.25, 0.3) is 0 Å². The van der Waals surface area contributed by atoms with Gasteiger partial charge in [-0.1, -0.05) is 29.9 Å². The molecular formula is C19H22ClFN6S. The minimum absolute atomic E-state index is 0.0661. The van der Waals surface area contributed by atoms with Gasteiger partial charge < -0.3 is 15.5 Å². The van der Waals surface area contributed by atoms with E-state index in [2.05, 4.69) is 37.4 Å². The molecule has 0 bridgehead atoms. The molecule has 0 amide bonds. The van der Waals surface area contributed by atoms with E-state index in [-0.39, 0.29) is 5.02 Å². The molecule has 0 unspecified atom stereocenters. The van der Waals surface area contributed by atoms with Crippen molar-refractivity contribution in [3.8, 4) is 0 Å². The zero-order valence-electron chi connectivity index (χ0n) is 15.6. The SMILES string of the molecule is CCCN1CCC(Nc2nc3ncnc(Nc4ccc(F)c(Cl)c4)c3s2)CC1. The van der Waals surface area contributed by atoms with Crippen molar-refractivity contribution < 1.29 is 4.39 Å². The maximum atomic E-state index is 13.4. The summed E-state index contributed by atoms with van der Waals surface area (Å²) in [6.45, 7) is 5.63. The highest BCUT2D eigenvalue weighted by Crippen LogP contribution is 2.32. The van der Waals surface area contributed by atoms with E-state index in [1.807, 2.05) is 0 Å². The molecule has 0 saturated carbocycles. The molecule has 3 heterocycles. The summed E-state index contributed by atoms with van der Waals surface area (Å²) in [5.74, 6) is 0.185. The molecule has 1 aromatic carbocycles. The van der Waals surface area contributed by atoms with Crippen LogP contribution in [0.1, 0.15) is 26.2 Å². The Morgan fingerprint density at radius 2 is 2.11 bits per heavy atom. The normalized spacial score (nSPS) is 15.8. The van der Waals surface area contributed by atoms with E-state index < -0.39 is 5.82 Å². The highest BCUT2D eigenvalue weighted by Gasteiger charge is 2.20. The molecule has 3 aromatic rings. The van der Waals surface area contributed by atoms with Crippen molar-refractivity contribution in [1.82, 2.24) is 19.9 Å². The van der Waals surface area contributed by atoms with Gasteiger partial charge in [0.1, 0.15) is 16.8 Å². The Morgan fingerprint density at radius 3 is 2.86 bits per heavy atom. The monoisotopic (exact) mass is 420 g/mol. The van der Waals surface area contributed by atoms with Crippen LogP contribution in [0.4, 0.5) is 21.0 Å². The molecule has 0 aliphatic carbocycles. The number of nitrogens with one attached hydrogen (secondary N) is 2. The molecule has 28 heavy (non-hydrogen) atoms. The molecule has 148 valence electrons. The molecule has 4 rings (SSSR count). The zero-order valence-corrected chi connectivity index (χ0v) is 17.2. The van der Waals surface area contributed by atoms with Crippen LogP contribution in [0.25, 0.3) is 10.3 Å². The molecule has 2 aromatic heterocycles. The lowest BCUT2D eigenvalue weighted by atomic mass is 10.1. The Morgan fingerprint density at radius 1 is 1.29 bits per heavy atom. The van der Waals surface area contributed by atoms with E-state index in [1.54, 1.807) is 6.07 Å². The molecule has 1 saturated heterocycles. The van der Waals surface area contributed by atoms with Crippen molar-refractivity contribution >= 4 is 49.9 Å². The summed E-state index contributed by atoms with van der Waals surface area (Å²) in [6.07, 6.45) is 4.90. The maximum absolute atomic E-state index is 13.4. The second-order valence-electron chi connectivity index (χ2n) is 6.91. The number of fused-ring (bicyclic) bond motifs is 1. The molecular weight excluding hydrogens is 399 g/mol. The average molecular weight is 421 g/mol. The molecule has 2 N–H and O–H groups in total. The largest absolute Gasteiger partial charge is 0.359 e. The molecule has 0 spiro atoms. The minimum Gasteiger partial charge on any atom is -0.359 e. The summed E-state index contributed by atoms with van der Waals surface area (Å²) in [5.41, 5.74) is 1.30. The van der Waals surface area contributed by atoms with E-state index in [0.717, 1.165) is 35.8 Å².